The fourth-order valence-corrected chi connectivity index (χ4v) is 1.86. The zero-order chi connectivity index (χ0) is 13.0. The average Bonchev–Trinajstić information content (AvgIpc) is 2.24. The summed E-state index contributed by atoms with van der Waals surface area (Å²) in [4.78, 5) is 24.4. The van der Waals surface area contributed by atoms with Gasteiger partial charge in [0.15, 0.2) is 6.10 Å². The van der Waals surface area contributed by atoms with E-state index in [4.69, 9.17) is 9.84 Å². The van der Waals surface area contributed by atoms with Crippen molar-refractivity contribution >= 4 is 11.9 Å². The highest BCUT2D eigenvalue weighted by atomic mass is 16.5. The van der Waals surface area contributed by atoms with Crippen molar-refractivity contribution in [1.82, 2.24) is 4.90 Å². The van der Waals surface area contributed by atoms with Crippen LogP contribution in [0.1, 0.15) is 33.6 Å². The van der Waals surface area contributed by atoms with Crippen molar-refractivity contribution in [2.45, 2.75) is 45.8 Å². The molecule has 1 aliphatic heterocycles. The lowest BCUT2D eigenvalue weighted by atomic mass is 10.1. The molecule has 0 aliphatic carbocycles. The number of carbonyl (C=O) groups excluding carboxylic acids is 1. The number of hydrogen-bond donors (Lipinski definition) is 1. The number of aliphatic carboxylic acids is 1. The second kappa shape index (κ2) is 6.00. The smallest absolute Gasteiger partial charge is 0.334 e. The van der Waals surface area contributed by atoms with E-state index in [1.165, 1.54) is 0 Å². The minimum Gasteiger partial charge on any atom is -0.479 e. The van der Waals surface area contributed by atoms with Gasteiger partial charge >= 0.3 is 5.97 Å². The molecule has 1 unspecified atom stereocenters. The summed E-state index contributed by atoms with van der Waals surface area (Å²) >= 11 is 0. The Hall–Kier alpha value is -1.10. The maximum Gasteiger partial charge on any atom is 0.334 e. The van der Waals surface area contributed by atoms with Crippen LogP contribution in [0.4, 0.5) is 0 Å². The van der Waals surface area contributed by atoms with Crippen LogP contribution in [0.5, 0.6) is 0 Å². The van der Waals surface area contributed by atoms with E-state index in [-0.39, 0.29) is 18.6 Å². The molecule has 0 aromatic rings. The second-order valence-corrected chi connectivity index (χ2v) is 5.00. The zero-order valence-corrected chi connectivity index (χ0v) is 10.7. The Morgan fingerprint density at radius 2 is 2.06 bits per heavy atom. The van der Waals surface area contributed by atoms with Gasteiger partial charge in [0.2, 0.25) is 5.91 Å². The highest BCUT2D eigenvalue weighted by Crippen LogP contribution is 2.14. The van der Waals surface area contributed by atoms with Crippen molar-refractivity contribution in [3.63, 3.8) is 0 Å². The lowest BCUT2D eigenvalue weighted by molar-refractivity contribution is -0.166. The highest BCUT2D eigenvalue weighted by Gasteiger charge is 2.32. The number of amides is 1. The molecule has 1 N–H and O–H groups in total. The molecule has 1 rings (SSSR count). The van der Waals surface area contributed by atoms with E-state index in [9.17, 15) is 9.59 Å². The van der Waals surface area contributed by atoms with Crippen LogP contribution < -0.4 is 0 Å². The van der Waals surface area contributed by atoms with Crippen LogP contribution in [0.3, 0.4) is 0 Å². The van der Waals surface area contributed by atoms with Crippen LogP contribution in [0.25, 0.3) is 0 Å². The normalized spacial score (nSPS) is 25.1. The van der Waals surface area contributed by atoms with Crippen molar-refractivity contribution in [3.8, 4) is 0 Å². The molecule has 1 aliphatic rings. The molecular weight excluding hydrogens is 222 g/mol. The first-order chi connectivity index (χ1) is 7.90. The van der Waals surface area contributed by atoms with E-state index in [1.807, 2.05) is 0 Å². The van der Waals surface area contributed by atoms with Crippen molar-refractivity contribution in [1.29, 1.82) is 0 Å². The first kappa shape index (κ1) is 14.0. The van der Waals surface area contributed by atoms with Crippen LogP contribution in [-0.4, -0.2) is 47.2 Å². The molecule has 17 heavy (non-hydrogen) atoms. The molecule has 1 heterocycles. The number of ether oxygens (including phenoxy) is 1. The van der Waals surface area contributed by atoms with Gasteiger partial charge in [0, 0.05) is 13.0 Å². The lowest BCUT2D eigenvalue weighted by Gasteiger charge is -2.35. The molecule has 5 heteroatoms. The third-order valence-corrected chi connectivity index (χ3v) is 2.82. The molecule has 0 aromatic carbocycles. The highest BCUT2D eigenvalue weighted by molar-refractivity contribution is 5.78. The monoisotopic (exact) mass is 243 g/mol. The molecule has 0 radical (unpaired) electrons. The van der Waals surface area contributed by atoms with E-state index in [0.29, 0.717) is 18.9 Å². The van der Waals surface area contributed by atoms with Gasteiger partial charge in [0.1, 0.15) is 0 Å². The maximum absolute atomic E-state index is 11.9. The van der Waals surface area contributed by atoms with Crippen LogP contribution in [0.15, 0.2) is 0 Å². The second-order valence-electron chi connectivity index (χ2n) is 5.00. The van der Waals surface area contributed by atoms with Gasteiger partial charge in [-0.1, -0.05) is 13.8 Å². The molecule has 1 fully saturated rings. The summed E-state index contributed by atoms with van der Waals surface area (Å²) in [6.45, 7) is 6.57. The van der Waals surface area contributed by atoms with E-state index in [1.54, 1.807) is 11.8 Å². The maximum atomic E-state index is 11.9. The van der Waals surface area contributed by atoms with E-state index in [2.05, 4.69) is 13.8 Å². The van der Waals surface area contributed by atoms with Gasteiger partial charge in [0.25, 0.3) is 0 Å². The quantitative estimate of drug-likeness (QED) is 0.803. The van der Waals surface area contributed by atoms with Crippen LogP contribution in [0.2, 0.25) is 0 Å². The molecular formula is C12H21NO4. The number of hydrogen-bond acceptors (Lipinski definition) is 3. The molecule has 0 aromatic heterocycles. The Kier molecular flexibility index (Phi) is 4.93. The summed E-state index contributed by atoms with van der Waals surface area (Å²) in [5.74, 6) is -0.494. The number of carboxylic acid groups (broad SMARTS) is 1. The largest absolute Gasteiger partial charge is 0.479 e. The number of morpholine rings is 1. The number of rotatable bonds is 4. The Morgan fingerprint density at radius 3 is 2.59 bits per heavy atom. The number of carboxylic acids is 1. The van der Waals surface area contributed by atoms with Gasteiger partial charge in [-0.05, 0) is 19.3 Å². The summed E-state index contributed by atoms with van der Waals surface area (Å²) in [5.41, 5.74) is 0. The van der Waals surface area contributed by atoms with Crippen molar-refractivity contribution in [2.75, 3.05) is 13.1 Å². The molecule has 1 saturated heterocycles. The SMILES string of the molecule is CC(C)CCC(=O)N1CC(C(=O)O)O[C@H](C)C1. The predicted molar refractivity (Wildman–Crippen MR) is 62.6 cm³/mol. The molecule has 0 bridgehead atoms. The Morgan fingerprint density at radius 1 is 1.41 bits per heavy atom. The van der Waals surface area contributed by atoms with Crippen LogP contribution in [-0.2, 0) is 14.3 Å². The van der Waals surface area contributed by atoms with Crippen molar-refractivity contribution < 1.29 is 19.4 Å². The molecule has 0 saturated carbocycles. The van der Waals surface area contributed by atoms with E-state index >= 15 is 0 Å². The fraction of sp³-hybridized carbons (Fsp3) is 0.833. The molecule has 98 valence electrons. The molecule has 0 spiro atoms. The standard InChI is InChI=1S/C12H21NO4/c1-8(2)4-5-11(14)13-6-9(3)17-10(7-13)12(15)16/h8-10H,4-7H2,1-3H3,(H,15,16)/t9-,10?/m1/s1. The third kappa shape index (κ3) is 4.34. The van der Waals surface area contributed by atoms with E-state index in [0.717, 1.165) is 6.42 Å². The van der Waals surface area contributed by atoms with Gasteiger partial charge in [-0.25, -0.2) is 4.79 Å². The minimum absolute atomic E-state index is 0.0279. The molecule has 2 atom stereocenters. The predicted octanol–water partition coefficient (Wildman–Crippen LogP) is 1.12. The first-order valence-electron chi connectivity index (χ1n) is 6.06. The summed E-state index contributed by atoms with van der Waals surface area (Å²) in [6, 6.07) is 0. The van der Waals surface area contributed by atoms with Gasteiger partial charge in [-0.3, -0.25) is 4.79 Å². The minimum atomic E-state index is -1.00. The van der Waals surface area contributed by atoms with E-state index < -0.39 is 12.1 Å². The molecule has 1 amide bonds. The summed E-state index contributed by atoms with van der Waals surface area (Å²) < 4.78 is 5.26. The fourth-order valence-electron chi connectivity index (χ4n) is 1.86. The molecule has 5 nitrogen and oxygen atoms in total. The van der Waals surface area contributed by atoms with Gasteiger partial charge in [-0.2, -0.15) is 0 Å². The average molecular weight is 243 g/mol. The Labute approximate surface area is 102 Å². The number of carbonyl (C=O) groups is 2. The zero-order valence-electron chi connectivity index (χ0n) is 10.7. The summed E-state index contributed by atoms with van der Waals surface area (Å²) in [5, 5.41) is 8.91. The first-order valence-corrected chi connectivity index (χ1v) is 6.06. The summed E-state index contributed by atoms with van der Waals surface area (Å²) in [7, 11) is 0. The lowest BCUT2D eigenvalue weighted by Crippen LogP contribution is -2.51. The number of nitrogens with zero attached hydrogens (tertiary/aromatic N) is 1. The van der Waals surface area contributed by atoms with Crippen LogP contribution >= 0.6 is 0 Å². The summed E-state index contributed by atoms with van der Waals surface area (Å²) in [6.07, 6.45) is 0.216. The van der Waals surface area contributed by atoms with Crippen molar-refractivity contribution in [2.24, 2.45) is 5.92 Å². The van der Waals surface area contributed by atoms with Gasteiger partial charge < -0.3 is 14.7 Å². The Balaban J connectivity index is 2.52. The van der Waals surface area contributed by atoms with Crippen molar-refractivity contribution in [3.05, 3.63) is 0 Å². The Bertz CT molecular complexity index is 290. The van der Waals surface area contributed by atoms with Crippen LogP contribution in [0, 0.1) is 5.92 Å². The third-order valence-electron chi connectivity index (χ3n) is 2.82. The van der Waals surface area contributed by atoms with Gasteiger partial charge in [0.05, 0.1) is 12.6 Å². The topological polar surface area (TPSA) is 66.8 Å². The van der Waals surface area contributed by atoms with Gasteiger partial charge in [-0.15, -0.1) is 0 Å².